The number of anilines is 1. The van der Waals surface area contributed by atoms with E-state index in [-0.39, 0.29) is 12.3 Å². The second kappa shape index (κ2) is 11.1. The van der Waals surface area contributed by atoms with Crippen molar-refractivity contribution in [1.82, 2.24) is 5.48 Å². The van der Waals surface area contributed by atoms with Crippen molar-refractivity contribution in [3.63, 3.8) is 0 Å². The Balaban J connectivity index is 2.05. The first-order valence-corrected chi connectivity index (χ1v) is 10.3. The normalized spacial score (nSPS) is 10.5. The molecule has 1 heterocycles. The monoisotopic (exact) mass is 454 g/mol. The van der Waals surface area contributed by atoms with Crippen LogP contribution in [0.5, 0.6) is 5.75 Å². The van der Waals surface area contributed by atoms with Gasteiger partial charge >= 0.3 is 0 Å². The van der Waals surface area contributed by atoms with Crippen LogP contribution in [0.2, 0.25) is 0 Å². The van der Waals surface area contributed by atoms with Crippen LogP contribution in [0.4, 0.5) is 5.69 Å². The van der Waals surface area contributed by atoms with E-state index in [1.54, 1.807) is 28.8 Å². The number of unbranched alkanes of at least 4 members (excludes halogenated alkanes) is 2. The van der Waals surface area contributed by atoms with Crippen LogP contribution in [0.25, 0.3) is 0 Å². The number of hydroxylamine groups is 1. The van der Waals surface area contributed by atoms with Gasteiger partial charge < -0.3 is 9.64 Å². The number of halogens is 1. The van der Waals surface area contributed by atoms with Crippen molar-refractivity contribution >= 4 is 44.8 Å². The molecule has 0 aliphatic heterocycles. The number of carbonyl (C=O) groups is 2. The van der Waals surface area contributed by atoms with Crippen molar-refractivity contribution in [2.24, 2.45) is 0 Å². The number of nitrogens with zero attached hydrogens (tertiary/aromatic N) is 1. The number of methoxy groups -OCH3 is 1. The molecule has 2 rings (SSSR count). The molecule has 0 radical (unpaired) electrons. The lowest BCUT2D eigenvalue weighted by atomic mass is 10.1. The molecule has 1 aromatic heterocycles. The molecule has 0 saturated heterocycles. The smallest absolute Gasteiger partial charge is 0.243 e. The first-order chi connectivity index (χ1) is 13.0. The molecular weight excluding hydrogens is 432 g/mol. The van der Waals surface area contributed by atoms with Gasteiger partial charge in [0.15, 0.2) is 0 Å². The largest absolute Gasteiger partial charge is 0.495 e. The molecule has 0 spiro atoms. The third-order valence-electron chi connectivity index (χ3n) is 4.04. The maximum atomic E-state index is 12.9. The Labute approximate surface area is 171 Å². The molecule has 0 saturated carbocycles. The Bertz CT molecular complexity index is 766. The van der Waals surface area contributed by atoms with E-state index < -0.39 is 5.91 Å². The minimum atomic E-state index is -0.403. The van der Waals surface area contributed by atoms with Crippen LogP contribution in [0.3, 0.4) is 0 Å². The average Bonchev–Trinajstić information content (AvgIpc) is 3.10. The van der Waals surface area contributed by atoms with Crippen LogP contribution in [-0.2, 0) is 16.1 Å². The zero-order chi connectivity index (χ0) is 19.6. The molecule has 2 aromatic rings. The summed E-state index contributed by atoms with van der Waals surface area (Å²) < 4.78 is 6.45. The second-order valence-corrected chi connectivity index (χ2v) is 8.50. The standard InChI is InChI=1S/C19H23BrN2O4S/c1-26-16-8-6-5-7-15(16)22(13-14-11-12-17(20)27-14)19(24)10-4-2-3-9-18(23)21-25/h5-8,11-12,25H,2-4,9-10,13H2,1H3,(H,21,23). The fourth-order valence-electron chi connectivity index (χ4n) is 2.68. The molecule has 0 aliphatic rings. The second-order valence-electron chi connectivity index (χ2n) is 5.95. The van der Waals surface area contributed by atoms with Crippen LogP contribution in [0, 0.1) is 0 Å². The number of benzene rings is 1. The molecule has 0 fully saturated rings. The van der Waals surface area contributed by atoms with Gasteiger partial charge in [0.05, 0.1) is 23.1 Å². The zero-order valence-corrected chi connectivity index (χ0v) is 17.5. The van der Waals surface area contributed by atoms with Gasteiger partial charge in [-0.3, -0.25) is 14.8 Å². The lowest BCUT2D eigenvalue weighted by Gasteiger charge is -2.24. The highest BCUT2D eigenvalue weighted by molar-refractivity contribution is 9.11. The number of hydrogen-bond acceptors (Lipinski definition) is 5. The van der Waals surface area contributed by atoms with Crippen molar-refractivity contribution in [2.75, 3.05) is 12.0 Å². The van der Waals surface area contributed by atoms with Gasteiger partial charge in [-0.2, -0.15) is 0 Å². The molecule has 146 valence electrons. The molecule has 2 amide bonds. The van der Waals surface area contributed by atoms with Crippen LogP contribution < -0.4 is 15.1 Å². The molecule has 8 heteroatoms. The molecule has 0 atom stereocenters. The summed E-state index contributed by atoms with van der Waals surface area (Å²) in [4.78, 5) is 26.8. The number of hydrogen-bond donors (Lipinski definition) is 2. The summed E-state index contributed by atoms with van der Waals surface area (Å²) in [6, 6.07) is 11.4. The van der Waals surface area contributed by atoms with E-state index >= 15 is 0 Å². The topological polar surface area (TPSA) is 78.9 Å². The first-order valence-electron chi connectivity index (χ1n) is 8.65. The molecule has 0 unspecified atom stereocenters. The Hall–Kier alpha value is -1.90. The highest BCUT2D eigenvalue weighted by atomic mass is 79.9. The Kier molecular flexibility index (Phi) is 8.77. The van der Waals surface area contributed by atoms with Crippen molar-refractivity contribution in [3.05, 3.63) is 45.1 Å². The predicted molar refractivity (Wildman–Crippen MR) is 109 cm³/mol. The highest BCUT2D eigenvalue weighted by Crippen LogP contribution is 2.32. The number of nitrogens with one attached hydrogen (secondary N) is 1. The summed E-state index contributed by atoms with van der Waals surface area (Å²) in [5, 5.41) is 8.50. The Morgan fingerprint density at radius 3 is 2.56 bits per heavy atom. The van der Waals surface area contributed by atoms with Gasteiger partial charge in [0, 0.05) is 17.7 Å². The van der Waals surface area contributed by atoms with Crippen molar-refractivity contribution in [2.45, 2.75) is 38.6 Å². The van der Waals surface area contributed by atoms with Crippen molar-refractivity contribution < 1.29 is 19.5 Å². The third-order valence-corrected chi connectivity index (χ3v) is 5.65. The lowest BCUT2D eigenvalue weighted by molar-refractivity contribution is -0.129. The van der Waals surface area contributed by atoms with E-state index in [2.05, 4.69) is 15.9 Å². The van der Waals surface area contributed by atoms with E-state index in [1.807, 2.05) is 36.4 Å². The summed E-state index contributed by atoms with van der Waals surface area (Å²) in [5.41, 5.74) is 2.36. The van der Waals surface area contributed by atoms with Crippen molar-refractivity contribution in [1.29, 1.82) is 0 Å². The maximum Gasteiger partial charge on any atom is 0.243 e. The zero-order valence-electron chi connectivity index (χ0n) is 15.1. The summed E-state index contributed by atoms with van der Waals surface area (Å²) >= 11 is 5.05. The SMILES string of the molecule is COc1ccccc1N(Cc1ccc(Br)s1)C(=O)CCCCCC(=O)NO. The quantitative estimate of drug-likeness (QED) is 0.314. The van der Waals surface area contributed by atoms with E-state index in [0.717, 1.165) is 20.8 Å². The molecular formula is C19H23BrN2O4S. The molecule has 1 aromatic carbocycles. The molecule has 0 aliphatic carbocycles. The highest BCUT2D eigenvalue weighted by Gasteiger charge is 2.20. The molecule has 2 N–H and O–H groups in total. The molecule has 0 bridgehead atoms. The van der Waals surface area contributed by atoms with Crippen molar-refractivity contribution in [3.8, 4) is 5.75 Å². The van der Waals surface area contributed by atoms with Crippen LogP contribution in [0.15, 0.2) is 40.2 Å². The van der Waals surface area contributed by atoms with Crippen LogP contribution in [0.1, 0.15) is 37.0 Å². The van der Waals surface area contributed by atoms with E-state index in [0.29, 0.717) is 31.6 Å². The number of ether oxygens (including phenoxy) is 1. The minimum absolute atomic E-state index is 0.00984. The van der Waals surface area contributed by atoms with Gasteiger partial charge in [-0.25, -0.2) is 5.48 Å². The fourth-order valence-corrected chi connectivity index (χ4v) is 4.15. The maximum absolute atomic E-state index is 12.9. The molecule has 27 heavy (non-hydrogen) atoms. The number of rotatable bonds is 10. The summed E-state index contributed by atoms with van der Waals surface area (Å²) in [6.07, 6.45) is 2.68. The van der Waals surface area contributed by atoms with Gasteiger partial charge in [-0.15, -0.1) is 11.3 Å². The minimum Gasteiger partial charge on any atom is -0.495 e. The van der Waals surface area contributed by atoms with Gasteiger partial charge in [0.25, 0.3) is 0 Å². The summed E-state index contributed by atoms with van der Waals surface area (Å²) in [7, 11) is 1.59. The van der Waals surface area contributed by atoms with E-state index in [4.69, 9.17) is 9.94 Å². The summed E-state index contributed by atoms with van der Waals surface area (Å²) in [6.45, 7) is 0.475. The van der Waals surface area contributed by atoms with E-state index in [9.17, 15) is 9.59 Å². The van der Waals surface area contributed by atoms with Gasteiger partial charge in [0.2, 0.25) is 11.8 Å². The first kappa shape index (κ1) is 21.4. The third kappa shape index (κ3) is 6.64. The fraction of sp³-hybridized carbons (Fsp3) is 0.368. The predicted octanol–water partition coefficient (Wildman–Crippen LogP) is 4.51. The average molecular weight is 455 g/mol. The Morgan fingerprint density at radius 2 is 1.89 bits per heavy atom. The van der Waals surface area contributed by atoms with E-state index in [1.165, 1.54) is 0 Å². The van der Waals surface area contributed by atoms with Gasteiger partial charge in [0.1, 0.15) is 5.75 Å². The summed E-state index contributed by atoms with van der Waals surface area (Å²) in [5.74, 6) is 0.261. The van der Waals surface area contributed by atoms with Crippen LogP contribution >= 0.6 is 27.3 Å². The number of para-hydroxylation sites is 2. The van der Waals surface area contributed by atoms with Gasteiger partial charge in [-0.05, 0) is 53.0 Å². The number of thiophene rings is 1. The molecule has 6 nitrogen and oxygen atoms in total. The lowest BCUT2D eigenvalue weighted by Crippen LogP contribution is -2.30. The Morgan fingerprint density at radius 1 is 1.15 bits per heavy atom. The number of amides is 2. The van der Waals surface area contributed by atoms with Gasteiger partial charge in [-0.1, -0.05) is 18.6 Å². The number of carbonyl (C=O) groups excluding carboxylic acids is 2. The van der Waals surface area contributed by atoms with Crippen LogP contribution in [-0.4, -0.2) is 24.1 Å².